The van der Waals surface area contributed by atoms with Crippen molar-refractivity contribution in [2.75, 3.05) is 37.9 Å². The highest BCUT2D eigenvalue weighted by Gasteiger charge is 2.49. The fraction of sp³-hybridized carbons (Fsp3) is 0.701. The van der Waals surface area contributed by atoms with Crippen molar-refractivity contribution in [2.45, 2.75) is 276 Å². The van der Waals surface area contributed by atoms with E-state index in [1.807, 2.05) is 12.1 Å². The second-order valence-corrected chi connectivity index (χ2v) is 23.5. The van der Waals surface area contributed by atoms with E-state index in [9.17, 15) is 9.59 Å². The molecule has 0 fully saturated rings. The van der Waals surface area contributed by atoms with Gasteiger partial charge in [-0.15, -0.1) is 0 Å². The Hall–Kier alpha value is -5.00. The largest absolute Gasteiger partial charge is 0.493 e. The van der Waals surface area contributed by atoms with Crippen LogP contribution in [0.3, 0.4) is 0 Å². The van der Waals surface area contributed by atoms with Gasteiger partial charge in [0, 0.05) is 46.9 Å². The van der Waals surface area contributed by atoms with Crippen molar-refractivity contribution in [1.82, 2.24) is 19.9 Å². The third-order valence-corrected chi connectivity index (χ3v) is 16.8. The monoisotopic (exact) mass is 1090 g/mol. The van der Waals surface area contributed by atoms with Crippen LogP contribution < -0.4 is 41.5 Å². The zero-order valence-corrected chi connectivity index (χ0v) is 49.8. The summed E-state index contributed by atoms with van der Waals surface area (Å²) in [6.07, 6.45) is 40.7. The van der Waals surface area contributed by atoms with Crippen molar-refractivity contribution in [3.05, 3.63) is 90.7 Å². The minimum absolute atomic E-state index is 0.0656. The quantitative estimate of drug-likeness (QED) is 0.0311. The smallest absolute Gasteiger partial charge is 0.256 e. The maximum absolute atomic E-state index is 14.5. The Labute approximate surface area is 476 Å². The molecule has 4 aromatic rings. The van der Waals surface area contributed by atoms with E-state index in [0.717, 1.165) is 85.5 Å². The summed E-state index contributed by atoms with van der Waals surface area (Å²) < 4.78 is 26.1. The number of anilines is 2. The topological polar surface area (TPSA) is 180 Å². The number of nitrogen functional groups attached to an aromatic ring is 2. The van der Waals surface area contributed by atoms with E-state index in [4.69, 9.17) is 40.4 Å². The molecule has 0 saturated carbocycles. The van der Waals surface area contributed by atoms with Gasteiger partial charge < -0.3 is 30.4 Å². The van der Waals surface area contributed by atoms with Gasteiger partial charge in [0.25, 0.3) is 11.1 Å². The van der Waals surface area contributed by atoms with Gasteiger partial charge in [0.1, 0.15) is 23.0 Å². The molecule has 0 saturated heterocycles. The molecule has 2 aliphatic carbocycles. The van der Waals surface area contributed by atoms with E-state index in [2.05, 4.69) is 61.9 Å². The molecule has 79 heavy (non-hydrogen) atoms. The van der Waals surface area contributed by atoms with Gasteiger partial charge in [0.15, 0.2) is 0 Å². The van der Waals surface area contributed by atoms with Gasteiger partial charge in [-0.05, 0) is 80.3 Å². The molecule has 6 rings (SSSR count). The molecule has 0 spiro atoms. The predicted molar refractivity (Wildman–Crippen MR) is 327 cm³/mol. The van der Waals surface area contributed by atoms with Gasteiger partial charge in [0.05, 0.1) is 37.8 Å². The number of nitrogens with two attached hydrogens (primary N) is 2. The zero-order valence-electron chi connectivity index (χ0n) is 49.8. The normalized spacial score (nSPS) is 16.4. The second kappa shape index (κ2) is 36.4. The minimum atomic E-state index is -0.385. The first-order valence-electron chi connectivity index (χ1n) is 32.3. The summed E-state index contributed by atoms with van der Waals surface area (Å²) in [5.74, 6) is 1.82. The predicted octanol–water partition coefficient (Wildman–Crippen LogP) is 17.0. The van der Waals surface area contributed by atoms with Crippen LogP contribution in [0.5, 0.6) is 23.0 Å². The molecular formula is C67H106N6O6. The number of rotatable bonds is 44. The van der Waals surface area contributed by atoms with Gasteiger partial charge in [-0.25, -0.2) is 9.97 Å². The second-order valence-electron chi connectivity index (χ2n) is 23.5. The molecule has 2 heterocycles. The average molecular weight is 1090 g/mol. The fourth-order valence-electron chi connectivity index (χ4n) is 12.5. The van der Waals surface area contributed by atoms with Crippen LogP contribution in [0.15, 0.2) is 46.0 Å². The van der Waals surface area contributed by atoms with E-state index in [1.165, 1.54) is 154 Å². The minimum Gasteiger partial charge on any atom is -0.493 e. The van der Waals surface area contributed by atoms with Crippen molar-refractivity contribution >= 4 is 11.9 Å². The number of nitrogens with one attached hydrogen (secondary N) is 2. The number of benzene rings is 2. The fourth-order valence-corrected chi connectivity index (χ4v) is 12.5. The first-order chi connectivity index (χ1) is 38.7. The van der Waals surface area contributed by atoms with E-state index < -0.39 is 0 Å². The highest BCUT2D eigenvalue weighted by molar-refractivity contribution is 5.49. The molecule has 0 amide bonds. The van der Waals surface area contributed by atoms with Crippen molar-refractivity contribution < 1.29 is 18.9 Å². The first-order valence-corrected chi connectivity index (χ1v) is 32.3. The number of aromatic amines is 2. The molecule has 2 aromatic carbocycles. The maximum Gasteiger partial charge on any atom is 0.256 e. The molecule has 4 atom stereocenters. The van der Waals surface area contributed by atoms with Crippen molar-refractivity contribution in [2.24, 2.45) is 0 Å². The summed E-state index contributed by atoms with van der Waals surface area (Å²) in [5.41, 5.74) is 16.8. The third kappa shape index (κ3) is 21.4. The van der Waals surface area contributed by atoms with Crippen LogP contribution in [0.2, 0.25) is 0 Å². The maximum atomic E-state index is 14.5. The van der Waals surface area contributed by atoms with Gasteiger partial charge in [-0.2, -0.15) is 0 Å². The van der Waals surface area contributed by atoms with Crippen LogP contribution in [-0.2, 0) is 12.8 Å². The number of hydrogen-bond donors (Lipinski definition) is 4. The molecule has 4 unspecified atom stereocenters. The molecule has 440 valence electrons. The van der Waals surface area contributed by atoms with Crippen molar-refractivity contribution in [1.29, 1.82) is 0 Å². The lowest BCUT2D eigenvalue weighted by Gasteiger charge is -2.44. The summed E-state index contributed by atoms with van der Waals surface area (Å²) in [7, 11) is 0. The number of hydrogen-bond acceptors (Lipinski definition) is 10. The number of unbranched alkanes of at least 4 members (excludes halogenated alkanes) is 28. The number of nitrogens with zero attached hydrogens (tertiary/aromatic N) is 2. The molecule has 2 aromatic heterocycles. The lowest BCUT2D eigenvalue weighted by molar-refractivity contribution is 0.288. The first kappa shape index (κ1) is 63.2. The van der Waals surface area contributed by atoms with Crippen molar-refractivity contribution in [3.8, 4) is 23.0 Å². The SMILES string of the molecule is CCCCCCCCCCOc1cc(CC2c3c(nc(N)[nH]c3=O)C3CC2c2nc(N)[nH]c(=O)c2C3Cc2cc(OCCCCCCCCCC)cc(OCCCCCCCCCC)c2)cc(OCCCCCCCCCC)c1. The molecule has 6 N–H and O–H groups in total. The molecule has 12 heteroatoms. The van der Waals surface area contributed by atoms with Crippen LogP contribution in [0, 0.1) is 0 Å². The lowest BCUT2D eigenvalue weighted by atomic mass is 9.59. The Balaban J connectivity index is 1.25. The highest BCUT2D eigenvalue weighted by Crippen LogP contribution is 2.57. The Morgan fingerprint density at radius 2 is 0.646 bits per heavy atom. The standard InChI is InChI=1S/C67H106N6O6/c1-5-9-13-17-21-25-29-33-37-76-52-41-50(42-53(47-52)77-38-34-30-26-22-18-14-10-6-2)45-56-58-49-59(63-60(56)64(74)72-67(69)71-63)57(61-62(58)70-66(68)73-65(61)75)46-51-43-54(78-39-35-31-27-23-19-15-11-7-3)48-55(44-51)79-40-36-32-28-24-20-16-12-8-4/h41-44,47-48,56-59H,5-40,45-46,49H2,1-4H3,(H3,68,70,73,75)(H3,69,71,72,74). The number of aromatic nitrogens is 4. The molecule has 2 aliphatic rings. The van der Waals surface area contributed by atoms with Crippen LogP contribution >= 0.6 is 0 Å². The molecule has 0 radical (unpaired) electrons. The van der Waals surface area contributed by atoms with Gasteiger partial charge >= 0.3 is 0 Å². The summed E-state index contributed by atoms with van der Waals surface area (Å²) >= 11 is 0. The van der Waals surface area contributed by atoms with Gasteiger partial charge in [0.2, 0.25) is 11.9 Å². The molecule has 0 aliphatic heterocycles. The molecular weight excluding hydrogens is 985 g/mol. The van der Waals surface area contributed by atoms with Crippen LogP contribution in [0.4, 0.5) is 11.9 Å². The Morgan fingerprint density at radius 3 is 0.911 bits per heavy atom. The average Bonchev–Trinajstić information content (AvgIpc) is 3.49. The summed E-state index contributed by atoms with van der Waals surface area (Å²) in [6.45, 7) is 11.5. The van der Waals surface area contributed by atoms with Crippen LogP contribution in [0.1, 0.15) is 297 Å². The summed E-state index contributed by atoms with van der Waals surface area (Å²) in [4.78, 5) is 44.8. The van der Waals surface area contributed by atoms with Crippen molar-refractivity contribution in [3.63, 3.8) is 0 Å². The number of ether oxygens (including phenoxy) is 4. The third-order valence-electron chi connectivity index (χ3n) is 16.8. The van der Waals surface area contributed by atoms with Crippen LogP contribution in [0.25, 0.3) is 0 Å². The van der Waals surface area contributed by atoms with Gasteiger partial charge in [-0.3, -0.25) is 19.6 Å². The Kier molecular flexibility index (Phi) is 29.1. The van der Waals surface area contributed by atoms with E-state index in [1.54, 1.807) is 0 Å². The number of H-pyrrole nitrogens is 2. The Morgan fingerprint density at radius 1 is 0.392 bits per heavy atom. The molecule has 12 nitrogen and oxygen atoms in total. The summed E-state index contributed by atoms with van der Waals surface area (Å²) in [6, 6.07) is 12.4. The molecule has 2 bridgehead atoms. The Bertz CT molecular complexity index is 2210. The van der Waals surface area contributed by atoms with E-state index >= 15 is 0 Å². The van der Waals surface area contributed by atoms with E-state index in [0.29, 0.717) is 68.2 Å². The van der Waals surface area contributed by atoms with Gasteiger partial charge in [-0.1, -0.05) is 207 Å². The lowest BCUT2D eigenvalue weighted by Crippen LogP contribution is -2.41. The zero-order chi connectivity index (χ0) is 55.9. The highest BCUT2D eigenvalue weighted by atomic mass is 16.5. The number of fused-ring (bicyclic) bond motifs is 6. The summed E-state index contributed by atoms with van der Waals surface area (Å²) in [5, 5.41) is 0. The van der Waals surface area contributed by atoms with E-state index in [-0.39, 0.29) is 46.7 Å². The van der Waals surface area contributed by atoms with Crippen LogP contribution in [-0.4, -0.2) is 46.4 Å².